The summed E-state index contributed by atoms with van der Waals surface area (Å²) in [5, 5.41) is 3.44. The number of H-pyrrole nitrogens is 1. The van der Waals surface area contributed by atoms with Gasteiger partial charge in [-0.2, -0.15) is 0 Å². The van der Waals surface area contributed by atoms with E-state index in [-0.39, 0.29) is 0 Å². The van der Waals surface area contributed by atoms with Gasteiger partial charge in [0.2, 0.25) is 0 Å². The SMILES string of the molecule is COc1ccc(-c2ncc[nH]2)cc1CNCC(C)C. The van der Waals surface area contributed by atoms with Crippen LogP contribution in [0.1, 0.15) is 19.4 Å². The van der Waals surface area contributed by atoms with Crippen molar-refractivity contribution in [1.82, 2.24) is 15.3 Å². The van der Waals surface area contributed by atoms with Crippen LogP contribution in [0.5, 0.6) is 5.75 Å². The summed E-state index contributed by atoms with van der Waals surface area (Å²) in [6, 6.07) is 6.12. The number of aromatic nitrogens is 2. The second-order valence-electron chi connectivity index (χ2n) is 4.99. The highest BCUT2D eigenvalue weighted by molar-refractivity contribution is 5.58. The van der Waals surface area contributed by atoms with Crippen molar-refractivity contribution < 1.29 is 4.74 Å². The first-order valence-corrected chi connectivity index (χ1v) is 6.58. The Kier molecular flexibility index (Phi) is 4.58. The standard InChI is InChI=1S/C15H21N3O/c1-11(2)9-16-10-13-8-12(4-5-14(13)19-3)15-17-6-7-18-15/h4-8,11,16H,9-10H2,1-3H3,(H,17,18). The molecule has 0 aliphatic rings. The van der Waals surface area contributed by atoms with Crippen LogP contribution in [0.2, 0.25) is 0 Å². The van der Waals surface area contributed by atoms with Crippen LogP contribution in [0, 0.1) is 5.92 Å². The van der Waals surface area contributed by atoms with Gasteiger partial charge in [0.25, 0.3) is 0 Å². The van der Waals surface area contributed by atoms with Gasteiger partial charge in [-0.05, 0) is 30.7 Å². The first-order valence-electron chi connectivity index (χ1n) is 6.58. The molecule has 0 atom stereocenters. The normalized spacial score (nSPS) is 10.9. The van der Waals surface area contributed by atoms with Crippen LogP contribution < -0.4 is 10.1 Å². The van der Waals surface area contributed by atoms with Crippen LogP contribution in [-0.2, 0) is 6.54 Å². The molecule has 0 aliphatic carbocycles. The topological polar surface area (TPSA) is 49.9 Å². The fourth-order valence-electron chi connectivity index (χ4n) is 1.98. The molecule has 0 fully saturated rings. The van der Waals surface area contributed by atoms with Crippen LogP contribution in [-0.4, -0.2) is 23.6 Å². The smallest absolute Gasteiger partial charge is 0.137 e. The average Bonchev–Trinajstić information content (AvgIpc) is 2.92. The molecule has 0 amide bonds. The van der Waals surface area contributed by atoms with Crippen molar-refractivity contribution in [2.45, 2.75) is 20.4 Å². The van der Waals surface area contributed by atoms with Crippen molar-refractivity contribution in [3.63, 3.8) is 0 Å². The number of ether oxygens (including phenoxy) is 1. The molecule has 1 heterocycles. The fourth-order valence-corrected chi connectivity index (χ4v) is 1.98. The summed E-state index contributed by atoms with van der Waals surface area (Å²) in [5.41, 5.74) is 2.23. The Morgan fingerprint density at radius 3 is 2.84 bits per heavy atom. The Bertz CT molecular complexity index is 506. The molecule has 2 rings (SSSR count). The van der Waals surface area contributed by atoms with E-state index in [1.54, 1.807) is 13.3 Å². The van der Waals surface area contributed by atoms with Crippen LogP contribution >= 0.6 is 0 Å². The van der Waals surface area contributed by atoms with Crippen molar-refractivity contribution in [3.05, 3.63) is 36.2 Å². The minimum absolute atomic E-state index is 0.638. The van der Waals surface area contributed by atoms with Gasteiger partial charge in [0.1, 0.15) is 11.6 Å². The Morgan fingerprint density at radius 2 is 2.21 bits per heavy atom. The second-order valence-corrected chi connectivity index (χ2v) is 4.99. The third kappa shape index (κ3) is 3.58. The lowest BCUT2D eigenvalue weighted by molar-refractivity contribution is 0.406. The largest absolute Gasteiger partial charge is 0.496 e. The van der Waals surface area contributed by atoms with E-state index in [9.17, 15) is 0 Å². The lowest BCUT2D eigenvalue weighted by atomic mass is 10.1. The number of hydrogen-bond acceptors (Lipinski definition) is 3. The third-order valence-electron chi connectivity index (χ3n) is 2.92. The zero-order valence-electron chi connectivity index (χ0n) is 11.7. The van der Waals surface area contributed by atoms with Crippen LogP contribution in [0.4, 0.5) is 0 Å². The van der Waals surface area contributed by atoms with Gasteiger partial charge in [-0.25, -0.2) is 4.98 Å². The van der Waals surface area contributed by atoms with Gasteiger partial charge < -0.3 is 15.0 Å². The monoisotopic (exact) mass is 259 g/mol. The van der Waals surface area contributed by atoms with E-state index in [1.807, 2.05) is 18.3 Å². The van der Waals surface area contributed by atoms with Crippen molar-refractivity contribution in [2.75, 3.05) is 13.7 Å². The summed E-state index contributed by atoms with van der Waals surface area (Å²) in [5.74, 6) is 2.43. The molecule has 0 aliphatic heterocycles. The minimum atomic E-state index is 0.638. The van der Waals surface area contributed by atoms with Crippen molar-refractivity contribution in [2.24, 2.45) is 5.92 Å². The molecule has 0 saturated heterocycles. The fraction of sp³-hybridized carbons (Fsp3) is 0.400. The van der Waals surface area contributed by atoms with Crippen LogP contribution in [0.25, 0.3) is 11.4 Å². The van der Waals surface area contributed by atoms with Crippen LogP contribution in [0.15, 0.2) is 30.6 Å². The summed E-state index contributed by atoms with van der Waals surface area (Å²) in [6.07, 6.45) is 3.59. The van der Waals surface area contributed by atoms with Gasteiger partial charge in [-0.15, -0.1) is 0 Å². The zero-order valence-corrected chi connectivity index (χ0v) is 11.7. The van der Waals surface area contributed by atoms with E-state index in [0.717, 1.165) is 35.8 Å². The maximum absolute atomic E-state index is 5.40. The minimum Gasteiger partial charge on any atom is -0.496 e. The van der Waals surface area contributed by atoms with Gasteiger partial charge >= 0.3 is 0 Å². The Morgan fingerprint density at radius 1 is 1.37 bits per heavy atom. The van der Waals surface area contributed by atoms with E-state index in [1.165, 1.54) is 0 Å². The quantitative estimate of drug-likeness (QED) is 0.838. The Hall–Kier alpha value is -1.81. The molecule has 0 bridgehead atoms. The predicted molar refractivity (Wildman–Crippen MR) is 77.1 cm³/mol. The van der Waals surface area contributed by atoms with Crippen molar-refractivity contribution in [3.8, 4) is 17.1 Å². The number of rotatable bonds is 6. The summed E-state index contributed by atoms with van der Waals surface area (Å²) in [7, 11) is 1.70. The molecule has 1 aromatic heterocycles. The summed E-state index contributed by atoms with van der Waals surface area (Å²) < 4.78 is 5.40. The van der Waals surface area contributed by atoms with Gasteiger partial charge in [0, 0.05) is 30.1 Å². The molecular weight excluding hydrogens is 238 g/mol. The zero-order chi connectivity index (χ0) is 13.7. The van der Waals surface area contributed by atoms with E-state index >= 15 is 0 Å². The highest BCUT2D eigenvalue weighted by Gasteiger charge is 2.07. The first-order chi connectivity index (χ1) is 9.20. The Labute approximate surface area is 114 Å². The Balaban J connectivity index is 2.17. The lowest BCUT2D eigenvalue weighted by Gasteiger charge is -2.12. The van der Waals surface area contributed by atoms with Crippen LogP contribution in [0.3, 0.4) is 0 Å². The van der Waals surface area contributed by atoms with Crippen molar-refractivity contribution in [1.29, 1.82) is 0 Å². The molecule has 1 aromatic carbocycles. The maximum atomic E-state index is 5.40. The van der Waals surface area contributed by atoms with Gasteiger partial charge in [0.15, 0.2) is 0 Å². The molecular formula is C15H21N3O. The van der Waals surface area contributed by atoms with Crippen molar-refractivity contribution >= 4 is 0 Å². The number of hydrogen-bond donors (Lipinski definition) is 2. The molecule has 2 aromatic rings. The van der Waals surface area contributed by atoms with Gasteiger partial charge in [-0.1, -0.05) is 13.8 Å². The van der Waals surface area contributed by atoms with E-state index < -0.39 is 0 Å². The molecule has 19 heavy (non-hydrogen) atoms. The van der Waals surface area contributed by atoms with E-state index in [0.29, 0.717) is 5.92 Å². The summed E-state index contributed by atoms with van der Waals surface area (Å²) in [6.45, 7) is 6.19. The van der Waals surface area contributed by atoms with E-state index in [2.05, 4.69) is 35.2 Å². The van der Waals surface area contributed by atoms with E-state index in [4.69, 9.17) is 4.74 Å². The van der Waals surface area contributed by atoms with Gasteiger partial charge in [-0.3, -0.25) is 0 Å². The number of aromatic amines is 1. The molecule has 0 radical (unpaired) electrons. The summed E-state index contributed by atoms with van der Waals surface area (Å²) >= 11 is 0. The number of imidazole rings is 1. The highest BCUT2D eigenvalue weighted by atomic mass is 16.5. The van der Waals surface area contributed by atoms with Gasteiger partial charge in [0.05, 0.1) is 7.11 Å². The third-order valence-corrected chi connectivity index (χ3v) is 2.92. The molecule has 2 N–H and O–H groups in total. The second kappa shape index (κ2) is 6.38. The summed E-state index contributed by atoms with van der Waals surface area (Å²) in [4.78, 5) is 7.39. The molecule has 4 heteroatoms. The molecule has 0 unspecified atom stereocenters. The number of nitrogens with one attached hydrogen (secondary N) is 2. The number of nitrogens with zero attached hydrogens (tertiary/aromatic N) is 1. The number of benzene rings is 1. The molecule has 4 nitrogen and oxygen atoms in total. The average molecular weight is 259 g/mol. The number of methoxy groups -OCH3 is 1. The molecule has 0 saturated carbocycles. The first kappa shape index (κ1) is 13.6. The predicted octanol–water partition coefficient (Wildman–Crippen LogP) is 2.83. The highest BCUT2D eigenvalue weighted by Crippen LogP contribution is 2.24. The molecule has 102 valence electrons. The lowest BCUT2D eigenvalue weighted by Crippen LogP contribution is -2.19. The molecule has 0 spiro atoms. The maximum Gasteiger partial charge on any atom is 0.137 e.